The highest BCUT2D eigenvalue weighted by Crippen LogP contribution is 2.37. The first kappa shape index (κ1) is 28.2. The molecular weight excluding hydrogens is 494 g/mol. The second-order valence-corrected chi connectivity index (χ2v) is 11.9. The van der Waals surface area contributed by atoms with Crippen LogP contribution >= 0.6 is 11.3 Å². The largest absolute Gasteiger partial charge is 0.493 e. The summed E-state index contributed by atoms with van der Waals surface area (Å²) in [5, 5.41) is 3.23. The third-order valence-electron chi connectivity index (χ3n) is 6.95. The summed E-state index contributed by atoms with van der Waals surface area (Å²) in [4.78, 5) is 16.8. The molecule has 0 saturated heterocycles. The van der Waals surface area contributed by atoms with Crippen LogP contribution in [0.5, 0.6) is 11.5 Å². The number of carbonyl (C=O) groups excluding carboxylic acids is 1. The zero-order chi connectivity index (χ0) is 27.1. The van der Waals surface area contributed by atoms with Crippen LogP contribution in [0.1, 0.15) is 88.6 Å². The fourth-order valence-electron chi connectivity index (χ4n) is 4.90. The van der Waals surface area contributed by atoms with Crippen LogP contribution in [-0.2, 0) is 27.8 Å². The first-order valence-electron chi connectivity index (χ1n) is 13.9. The SMILES string of the molecule is CCCc1cc(-c2nc(C(C)(C)C)cs2)ccc1OCCCOc1ccc2c(c1)CC[C@H]2CC(=O)OCC. The Bertz CT molecular complexity index is 1230. The van der Waals surface area contributed by atoms with Crippen LogP contribution in [0.2, 0.25) is 0 Å². The van der Waals surface area contributed by atoms with E-state index < -0.39 is 0 Å². The molecule has 1 atom stereocenters. The number of aryl methyl sites for hydroxylation is 2. The molecule has 38 heavy (non-hydrogen) atoms. The van der Waals surface area contributed by atoms with Gasteiger partial charge in [0.1, 0.15) is 16.5 Å². The van der Waals surface area contributed by atoms with Gasteiger partial charge in [0.05, 0.1) is 31.9 Å². The molecule has 3 aromatic rings. The number of hydrogen-bond acceptors (Lipinski definition) is 6. The maximum atomic E-state index is 11.9. The normalized spacial score (nSPS) is 14.8. The second kappa shape index (κ2) is 12.8. The quantitative estimate of drug-likeness (QED) is 0.174. The second-order valence-electron chi connectivity index (χ2n) is 11.0. The molecule has 0 fully saturated rings. The van der Waals surface area contributed by atoms with Crippen molar-refractivity contribution in [2.75, 3.05) is 19.8 Å². The van der Waals surface area contributed by atoms with E-state index in [0.717, 1.165) is 59.9 Å². The maximum Gasteiger partial charge on any atom is 0.306 e. The molecule has 2 aromatic carbocycles. The summed E-state index contributed by atoms with van der Waals surface area (Å²) in [6.07, 6.45) is 5.27. The summed E-state index contributed by atoms with van der Waals surface area (Å²) in [6.45, 7) is 12.3. The minimum atomic E-state index is -0.111. The number of benzene rings is 2. The molecule has 1 heterocycles. The molecule has 0 bridgehead atoms. The number of nitrogens with zero attached hydrogens (tertiary/aromatic N) is 1. The lowest BCUT2D eigenvalue weighted by Gasteiger charge is -2.15. The first-order valence-corrected chi connectivity index (χ1v) is 14.8. The predicted octanol–water partition coefficient (Wildman–Crippen LogP) is 7.89. The molecule has 1 aromatic heterocycles. The highest BCUT2D eigenvalue weighted by atomic mass is 32.1. The highest BCUT2D eigenvalue weighted by Gasteiger charge is 2.25. The van der Waals surface area contributed by atoms with Crippen LogP contribution in [0.4, 0.5) is 0 Å². The van der Waals surface area contributed by atoms with Gasteiger partial charge in [-0.05, 0) is 79.1 Å². The van der Waals surface area contributed by atoms with Crippen molar-refractivity contribution in [1.82, 2.24) is 4.98 Å². The fraction of sp³-hybridized carbons (Fsp3) is 0.500. The maximum absolute atomic E-state index is 11.9. The highest BCUT2D eigenvalue weighted by molar-refractivity contribution is 7.13. The van der Waals surface area contributed by atoms with Gasteiger partial charge in [-0.3, -0.25) is 4.79 Å². The van der Waals surface area contributed by atoms with Gasteiger partial charge in [-0.15, -0.1) is 11.3 Å². The van der Waals surface area contributed by atoms with E-state index in [-0.39, 0.29) is 17.3 Å². The van der Waals surface area contributed by atoms with Gasteiger partial charge in [0.25, 0.3) is 0 Å². The van der Waals surface area contributed by atoms with Crippen LogP contribution in [0, 0.1) is 0 Å². The van der Waals surface area contributed by atoms with Crippen molar-refractivity contribution < 1.29 is 19.0 Å². The molecule has 1 aliphatic rings. The zero-order valence-electron chi connectivity index (χ0n) is 23.5. The molecule has 0 unspecified atom stereocenters. The molecule has 1 aliphatic carbocycles. The van der Waals surface area contributed by atoms with E-state index >= 15 is 0 Å². The molecule has 0 aliphatic heterocycles. The number of fused-ring (bicyclic) bond motifs is 1. The Kier molecular flexibility index (Phi) is 9.48. The summed E-state index contributed by atoms with van der Waals surface area (Å²) in [6, 6.07) is 12.7. The zero-order valence-corrected chi connectivity index (χ0v) is 24.3. The van der Waals surface area contributed by atoms with Crippen molar-refractivity contribution in [3.63, 3.8) is 0 Å². The van der Waals surface area contributed by atoms with Crippen molar-refractivity contribution in [3.8, 4) is 22.1 Å². The Morgan fingerprint density at radius 1 is 1.08 bits per heavy atom. The monoisotopic (exact) mass is 535 g/mol. The fourth-order valence-corrected chi connectivity index (χ4v) is 5.95. The summed E-state index contributed by atoms with van der Waals surface area (Å²) in [7, 11) is 0. The van der Waals surface area contributed by atoms with Crippen molar-refractivity contribution in [2.24, 2.45) is 0 Å². The molecular formula is C32H41NO4S. The van der Waals surface area contributed by atoms with Crippen molar-refractivity contribution >= 4 is 17.3 Å². The van der Waals surface area contributed by atoms with Gasteiger partial charge in [0, 0.05) is 22.8 Å². The first-order chi connectivity index (χ1) is 18.3. The van der Waals surface area contributed by atoms with E-state index in [2.05, 4.69) is 63.4 Å². The van der Waals surface area contributed by atoms with Crippen molar-refractivity contribution in [3.05, 3.63) is 64.2 Å². The molecule has 0 N–H and O–H groups in total. The lowest BCUT2D eigenvalue weighted by atomic mass is 9.93. The Balaban J connectivity index is 1.28. The van der Waals surface area contributed by atoms with Gasteiger partial charge in [0.15, 0.2) is 0 Å². The number of hydrogen-bond donors (Lipinski definition) is 0. The average molecular weight is 536 g/mol. The summed E-state index contributed by atoms with van der Waals surface area (Å²) in [5.41, 5.74) is 6.12. The Morgan fingerprint density at radius 3 is 2.63 bits per heavy atom. The third-order valence-corrected chi connectivity index (χ3v) is 7.84. The van der Waals surface area contributed by atoms with Crippen molar-refractivity contribution in [2.45, 2.75) is 84.5 Å². The number of thiazole rings is 1. The summed E-state index contributed by atoms with van der Waals surface area (Å²) < 4.78 is 17.3. The van der Waals surface area contributed by atoms with E-state index in [1.807, 2.05) is 13.0 Å². The van der Waals surface area contributed by atoms with E-state index in [1.54, 1.807) is 11.3 Å². The van der Waals surface area contributed by atoms with Crippen LogP contribution in [0.15, 0.2) is 41.8 Å². The average Bonchev–Trinajstić information content (AvgIpc) is 3.53. The smallest absolute Gasteiger partial charge is 0.306 e. The number of aromatic nitrogens is 1. The number of ether oxygens (including phenoxy) is 3. The molecule has 4 rings (SSSR count). The van der Waals surface area contributed by atoms with Gasteiger partial charge in [-0.2, -0.15) is 0 Å². The summed E-state index contributed by atoms with van der Waals surface area (Å²) >= 11 is 1.71. The van der Waals surface area contributed by atoms with E-state index in [9.17, 15) is 4.79 Å². The number of carbonyl (C=O) groups is 1. The third kappa shape index (κ3) is 7.16. The summed E-state index contributed by atoms with van der Waals surface area (Å²) in [5.74, 6) is 1.98. The molecule has 0 amide bonds. The van der Waals surface area contributed by atoms with Crippen LogP contribution in [0.3, 0.4) is 0 Å². The van der Waals surface area contributed by atoms with Gasteiger partial charge in [0.2, 0.25) is 0 Å². The van der Waals surface area contributed by atoms with Gasteiger partial charge < -0.3 is 14.2 Å². The predicted molar refractivity (Wildman–Crippen MR) is 155 cm³/mol. The Morgan fingerprint density at radius 2 is 1.89 bits per heavy atom. The van der Waals surface area contributed by atoms with E-state index in [4.69, 9.17) is 19.2 Å². The van der Waals surface area contributed by atoms with Crippen LogP contribution in [-0.4, -0.2) is 30.8 Å². The van der Waals surface area contributed by atoms with Gasteiger partial charge in [-0.1, -0.05) is 40.2 Å². The minimum Gasteiger partial charge on any atom is -0.493 e. The Hall–Kier alpha value is -2.86. The standard InChI is InChI=1S/C32H41NO4S/c1-6-9-24-18-25(31-33-29(21-38-31)32(3,4)5)12-15-28(24)37-17-8-16-36-26-13-14-27-22(19-26)10-11-23(27)20-30(34)35-7-2/h12-15,18-19,21,23H,6-11,16-17,20H2,1-5H3/t23-/m0/s1. The van der Waals surface area contributed by atoms with Crippen molar-refractivity contribution in [1.29, 1.82) is 0 Å². The van der Waals surface area contributed by atoms with E-state index in [0.29, 0.717) is 26.2 Å². The lowest BCUT2D eigenvalue weighted by molar-refractivity contribution is -0.143. The molecule has 0 radical (unpaired) electrons. The molecule has 6 heteroatoms. The lowest BCUT2D eigenvalue weighted by Crippen LogP contribution is -2.11. The molecule has 204 valence electrons. The minimum absolute atomic E-state index is 0.0540. The Labute approximate surface area is 231 Å². The van der Waals surface area contributed by atoms with E-state index in [1.165, 1.54) is 16.7 Å². The van der Waals surface area contributed by atoms with Crippen LogP contribution < -0.4 is 9.47 Å². The number of rotatable bonds is 12. The number of esters is 1. The van der Waals surface area contributed by atoms with Gasteiger partial charge >= 0.3 is 5.97 Å². The van der Waals surface area contributed by atoms with Gasteiger partial charge in [-0.25, -0.2) is 4.98 Å². The molecule has 5 nitrogen and oxygen atoms in total. The molecule has 0 saturated carbocycles. The molecule has 0 spiro atoms. The van der Waals surface area contributed by atoms with Crippen LogP contribution in [0.25, 0.3) is 10.6 Å². The topological polar surface area (TPSA) is 57.7 Å².